The highest BCUT2D eigenvalue weighted by Crippen LogP contribution is 2.26. The molecule has 0 aliphatic carbocycles. The fraction of sp³-hybridized carbons (Fsp3) is 0.273. The summed E-state index contributed by atoms with van der Waals surface area (Å²) in [4.78, 5) is 12.9. The Hall–Kier alpha value is -2.39. The molecule has 1 aromatic heterocycles. The Labute approximate surface area is 197 Å². The van der Waals surface area contributed by atoms with Crippen LogP contribution in [0.1, 0.15) is 35.2 Å². The highest BCUT2D eigenvalue weighted by molar-refractivity contribution is 7.89. The maximum Gasteiger partial charge on any atom is 0.256 e. The Kier molecular flexibility index (Phi) is 6.85. The molecular formula is C22H22Cl2N4O3S. The van der Waals surface area contributed by atoms with Gasteiger partial charge in [0.25, 0.3) is 5.91 Å². The average Bonchev–Trinajstić information content (AvgIpc) is 3.23. The second-order valence-electron chi connectivity index (χ2n) is 7.52. The van der Waals surface area contributed by atoms with Crippen LogP contribution in [-0.2, 0) is 16.6 Å². The van der Waals surface area contributed by atoms with Gasteiger partial charge in [-0.1, -0.05) is 35.7 Å². The van der Waals surface area contributed by atoms with E-state index in [9.17, 15) is 13.2 Å². The number of anilines is 1. The number of nitrogens with one attached hydrogen (secondary N) is 1. The normalized spacial score (nSPS) is 14.9. The lowest BCUT2D eigenvalue weighted by atomic mass is 10.2. The number of carbonyl (C=O) groups excluding carboxylic acids is 1. The molecule has 1 aliphatic heterocycles. The number of amides is 1. The Balaban J connectivity index is 1.48. The monoisotopic (exact) mass is 492 g/mol. The van der Waals surface area contributed by atoms with E-state index in [0.29, 0.717) is 40.1 Å². The number of nitrogens with zero attached hydrogens (tertiary/aromatic N) is 3. The zero-order valence-electron chi connectivity index (χ0n) is 17.2. The number of benzene rings is 2. The molecule has 168 valence electrons. The highest BCUT2D eigenvalue weighted by atomic mass is 35.5. The lowest BCUT2D eigenvalue weighted by Crippen LogP contribution is -2.35. The maximum atomic E-state index is 12.8. The minimum atomic E-state index is -3.54. The van der Waals surface area contributed by atoms with Gasteiger partial charge in [0.1, 0.15) is 5.82 Å². The van der Waals surface area contributed by atoms with Crippen molar-refractivity contribution >= 4 is 45.0 Å². The third-order valence-corrected chi connectivity index (χ3v) is 8.02. The first kappa shape index (κ1) is 22.8. The van der Waals surface area contributed by atoms with Gasteiger partial charge < -0.3 is 5.32 Å². The van der Waals surface area contributed by atoms with Crippen molar-refractivity contribution in [3.63, 3.8) is 0 Å². The summed E-state index contributed by atoms with van der Waals surface area (Å²) in [6.45, 7) is 1.35. The number of hydrogen-bond acceptors (Lipinski definition) is 4. The molecule has 1 saturated heterocycles. The van der Waals surface area contributed by atoms with Gasteiger partial charge in [0.2, 0.25) is 10.0 Å². The highest BCUT2D eigenvalue weighted by Gasteiger charge is 2.26. The third-order valence-electron chi connectivity index (χ3n) is 5.40. The van der Waals surface area contributed by atoms with Crippen LogP contribution in [0.15, 0.2) is 59.6 Å². The number of piperidine rings is 1. The molecular weight excluding hydrogens is 471 g/mol. The van der Waals surface area contributed by atoms with Crippen LogP contribution in [0.4, 0.5) is 5.82 Å². The summed E-state index contributed by atoms with van der Waals surface area (Å²) in [5.41, 5.74) is 1.04. The molecule has 0 bridgehead atoms. The number of hydrogen-bond donors (Lipinski definition) is 1. The summed E-state index contributed by atoms with van der Waals surface area (Å²) < 4.78 is 28.7. The van der Waals surface area contributed by atoms with Crippen molar-refractivity contribution in [3.8, 4) is 0 Å². The Morgan fingerprint density at radius 3 is 2.28 bits per heavy atom. The largest absolute Gasteiger partial charge is 0.307 e. The molecule has 0 atom stereocenters. The van der Waals surface area contributed by atoms with Crippen LogP contribution in [0.3, 0.4) is 0 Å². The van der Waals surface area contributed by atoms with Crippen LogP contribution in [-0.4, -0.2) is 41.5 Å². The van der Waals surface area contributed by atoms with E-state index in [2.05, 4.69) is 10.4 Å². The van der Waals surface area contributed by atoms with E-state index in [1.165, 1.54) is 28.6 Å². The van der Waals surface area contributed by atoms with E-state index < -0.39 is 10.0 Å². The molecule has 1 fully saturated rings. The minimum Gasteiger partial charge on any atom is -0.307 e. The maximum absolute atomic E-state index is 12.8. The molecule has 32 heavy (non-hydrogen) atoms. The van der Waals surface area contributed by atoms with Crippen molar-refractivity contribution in [1.82, 2.24) is 14.1 Å². The van der Waals surface area contributed by atoms with Gasteiger partial charge in [-0.15, -0.1) is 0 Å². The zero-order chi connectivity index (χ0) is 22.7. The van der Waals surface area contributed by atoms with Crippen LogP contribution < -0.4 is 5.32 Å². The van der Waals surface area contributed by atoms with E-state index in [4.69, 9.17) is 23.2 Å². The summed E-state index contributed by atoms with van der Waals surface area (Å²) in [5, 5.41) is 8.06. The van der Waals surface area contributed by atoms with Crippen molar-refractivity contribution in [2.45, 2.75) is 30.7 Å². The number of carbonyl (C=O) groups is 1. The van der Waals surface area contributed by atoms with Gasteiger partial charge in [0, 0.05) is 40.3 Å². The van der Waals surface area contributed by atoms with E-state index >= 15 is 0 Å². The predicted octanol–water partition coefficient (Wildman–Crippen LogP) is 4.67. The van der Waals surface area contributed by atoms with Crippen LogP contribution in [0.2, 0.25) is 10.0 Å². The summed E-state index contributed by atoms with van der Waals surface area (Å²) in [5.74, 6) is 0.0925. The Bertz CT molecular complexity index is 1200. The first-order valence-corrected chi connectivity index (χ1v) is 12.4. The number of halogens is 2. The van der Waals surface area contributed by atoms with Crippen molar-refractivity contribution < 1.29 is 13.2 Å². The lowest BCUT2D eigenvalue weighted by molar-refractivity contribution is 0.102. The van der Waals surface area contributed by atoms with Crippen molar-refractivity contribution in [2.24, 2.45) is 0 Å². The second-order valence-corrected chi connectivity index (χ2v) is 10.3. The predicted molar refractivity (Wildman–Crippen MR) is 125 cm³/mol. The fourth-order valence-corrected chi connectivity index (χ4v) is 5.65. The molecule has 7 nitrogen and oxygen atoms in total. The van der Waals surface area contributed by atoms with Crippen LogP contribution in [0.25, 0.3) is 0 Å². The molecule has 3 aromatic rings. The number of aromatic nitrogens is 2. The Morgan fingerprint density at radius 2 is 1.62 bits per heavy atom. The van der Waals surface area contributed by atoms with Gasteiger partial charge in [0.05, 0.1) is 17.6 Å². The first-order valence-electron chi connectivity index (χ1n) is 10.2. The van der Waals surface area contributed by atoms with Gasteiger partial charge >= 0.3 is 0 Å². The molecule has 0 radical (unpaired) electrons. The standard InChI is InChI=1S/C22H22Cl2N4O3S/c23-19-5-4-6-20(24)18(19)15-28-21(11-12-25-28)26-22(29)16-7-9-17(10-8-16)32(30,31)27-13-2-1-3-14-27/h4-12H,1-3,13-15H2,(H,26,29). The molecule has 0 unspecified atom stereocenters. The molecule has 2 heterocycles. The Morgan fingerprint density at radius 1 is 0.969 bits per heavy atom. The third kappa shape index (κ3) is 4.83. The smallest absolute Gasteiger partial charge is 0.256 e. The van der Waals surface area contributed by atoms with E-state index in [-0.39, 0.29) is 17.3 Å². The summed E-state index contributed by atoms with van der Waals surface area (Å²) >= 11 is 12.5. The quantitative estimate of drug-likeness (QED) is 0.541. The zero-order valence-corrected chi connectivity index (χ0v) is 19.5. The van der Waals surface area contributed by atoms with Gasteiger partial charge in [-0.3, -0.25) is 4.79 Å². The van der Waals surface area contributed by atoms with Crippen molar-refractivity contribution in [2.75, 3.05) is 18.4 Å². The number of rotatable bonds is 6. The molecule has 2 aromatic carbocycles. The van der Waals surface area contributed by atoms with E-state index in [1.807, 2.05) is 0 Å². The molecule has 1 N–H and O–H groups in total. The van der Waals surface area contributed by atoms with Gasteiger partial charge in [-0.05, 0) is 49.2 Å². The molecule has 0 saturated carbocycles. The van der Waals surface area contributed by atoms with Gasteiger partial charge in [-0.25, -0.2) is 13.1 Å². The molecule has 1 amide bonds. The summed E-state index contributed by atoms with van der Waals surface area (Å²) in [6.07, 6.45) is 4.35. The fourth-order valence-electron chi connectivity index (χ4n) is 3.62. The minimum absolute atomic E-state index is 0.189. The molecule has 4 rings (SSSR count). The van der Waals surface area contributed by atoms with Crippen molar-refractivity contribution in [1.29, 1.82) is 0 Å². The van der Waals surface area contributed by atoms with Gasteiger partial charge in [0.15, 0.2) is 0 Å². The molecule has 10 heteroatoms. The first-order chi connectivity index (χ1) is 15.4. The van der Waals surface area contributed by atoms with Crippen LogP contribution in [0.5, 0.6) is 0 Å². The lowest BCUT2D eigenvalue weighted by Gasteiger charge is -2.25. The van der Waals surface area contributed by atoms with Gasteiger partial charge in [-0.2, -0.15) is 9.40 Å². The van der Waals surface area contributed by atoms with Crippen LogP contribution >= 0.6 is 23.2 Å². The number of sulfonamides is 1. The van der Waals surface area contributed by atoms with E-state index in [0.717, 1.165) is 19.3 Å². The van der Waals surface area contributed by atoms with Crippen molar-refractivity contribution in [3.05, 3.63) is 75.9 Å². The average molecular weight is 493 g/mol. The topological polar surface area (TPSA) is 84.3 Å². The SMILES string of the molecule is O=C(Nc1ccnn1Cc1c(Cl)cccc1Cl)c1ccc(S(=O)(=O)N2CCCCC2)cc1. The molecule has 0 spiro atoms. The summed E-state index contributed by atoms with van der Waals surface area (Å²) in [6, 6.07) is 12.9. The molecule has 1 aliphatic rings. The van der Waals surface area contributed by atoms with Crippen LogP contribution in [0, 0.1) is 0 Å². The second kappa shape index (κ2) is 9.62. The van der Waals surface area contributed by atoms with E-state index in [1.54, 1.807) is 35.1 Å². The summed E-state index contributed by atoms with van der Waals surface area (Å²) in [7, 11) is -3.54.